The molecule has 0 aromatic heterocycles. The minimum atomic E-state index is -1.11. The quantitative estimate of drug-likeness (QED) is 0.745. The molecule has 2 aliphatic rings. The summed E-state index contributed by atoms with van der Waals surface area (Å²) in [6.45, 7) is 2.23. The molecule has 114 valence electrons. The second-order valence-electron chi connectivity index (χ2n) is 5.84. The van der Waals surface area contributed by atoms with Crippen LogP contribution in [0, 0.1) is 5.92 Å². The van der Waals surface area contributed by atoms with Crippen molar-refractivity contribution in [2.24, 2.45) is 11.7 Å². The Kier molecular flexibility index (Phi) is 5.37. The summed E-state index contributed by atoms with van der Waals surface area (Å²) in [5.74, 6) is -0.761. The average Bonchev–Trinajstić information content (AvgIpc) is 2.36. The number of carbonyl (C=O) groups excluding carboxylic acids is 1. The zero-order valence-corrected chi connectivity index (χ0v) is 11.8. The van der Waals surface area contributed by atoms with E-state index in [1.165, 1.54) is 0 Å². The van der Waals surface area contributed by atoms with Crippen molar-refractivity contribution in [3.63, 3.8) is 0 Å². The first-order valence-corrected chi connectivity index (χ1v) is 7.43. The molecule has 2 fully saturated rings. The first kappa shape index (κ1) is 15.3. The molecule has 0 aromatic rings. The Hall–Kier alpha value is -1.14. The van der Waals surface area contributed by atoms with Crippen LogP contribution in [0.2, 0.25) is 0 Å². The SMILES string of the molecule is N[C@@H](CC(=O)N(CC1CCOCC1)C1CCC1)C(=O)O. The van der Waals surface area contributed by atoms with Gasteiger partial charge in [-0.3, -0.25) is 9.59 Å². The molecule has 0 spiro atoms. The highest BCUT2D eigenvalue weighted by Gasteiger charge is 2.32. The molecule has 3 N–H and O–H groups in total. The van der Waals surface area contributed by atoms with Gasteiger partial charge < -0.3 is 20.5 Å². The van der Waals surface area contributed by atoms with E-state index in [0.29, 0.717) is 5.92 Å². The highest BCUT2D eigenvalue weighted by atomic mass is 16.5. The topological polar surface area (TPSA) is 92.9 Å². The lowest BCUT2D eigenvalue weighted by Crippen LogP contribution is -2.49. The number of carbonyl (C=O) groups is 2. The van der Waals surface area contributed by atoms with Gasteiger partial charge in [-0.05, 0) is 38.0 Å². The zero-order valence-electron chi connectivity index (χ0n) is 11.8. The fourth-order valence-corrected chi connectivity index (χ4v) is 2.75. The molecule has 6 heteroatoms. The van der Waals surface area contributed by atoms with E-state index in [1.807, 2.05) is 4.90 Å². The molecule has 0 bridgehead atoms. The fourth-order valence-electron chi connectivity index (χ4n) is 2.75. The van der Waals surface area contributed by atoms with Crippen molar-refractivity contribution in [2.75, 3.05) is 19.8 Å². The highest BCUT2D eigenvalue weighted by Crippen LogP contribution is 2.28. The Balaban J connectivity index is 1.91. The number of nitrogens with zero attached hydrogens (tertiary/aromatic N) is 1. The van der Waals surface area contributed by atoms with Gasteiger partial charge in [-0.1, -0.05) is 0 Å². The Labute approximate surface area is 119 Å². The lowest BCUT2D eigenvalue weighted by molar-refractivity contribution is -0.144. The molecule has 0 unspecified atom stereocenters. The summed E-state index contributed by atoms with van der Waals surface area (Å²) in [6.07, 6.45) is 5.04. The molecule has 6 nitrogen and oxygen atoms in total. The third-order valence-corrected chi connectivity index (χ3v) is 4.34. The van der Waals surface area contributed by atoms with Gasteiger partial charge in [0.15, 0.2) is 0 Å². The second kappa shape index (κ2) is 7.04. The van der Waals surface area contributed by atoms with Crippen LogP contribution in [0.5, 0.6) is 0 Å². The van der Waals surface area contributed by atoms with E-state index >= 15 is 0 Å². The maximum atomic E-state index is 12.3. The molecule has 0 radical (unpaired) electrons. The Morgan fingerprint density at radius 3 is 2.40 bits per heavy atom. The van der Waals surface area contributed by atoms with Crippen molar-refractivity contribution in [3.8, 4) is 0 Å². The van der Waals surface area contributed by atoms with E-state index in [4.69, 9.17) is 15.6 Å². The Bertz CT molecular complexity index is 351. The summed E-state index contributed by atoms with van der Waals surface area (Å²) >= 11 is 0. The van der Waals surface area contributed by atoms with Crippen LogP contribution in [0.1, 0.15) is 38.5 Å². The van der Waals surface area contributed by atoms with E-state index in [1.54, 1.807) is 0 Å². The van der Waals surface area contributed by atoms with Crippen molar-refractivity contribution in [1.82, 2.24) is 4.90 Å². The van der Waals surface area contributed by atoms with Crippen LogP contribution in [0.15, 0.2) is 0 Å². The van der Waals surface area contributed by atoms with Crippen molar-refractivity contribution in [1.29, 1.82) is 0 Å². The fraction of sp³-hybridized carbons (Fsp3) is 0.857. The third-order valence-electron chi connectivity index (χ3n) is 4.34. The van der Waals surface area contributed by atoms with Gasteiger partial charge >= 0.3 is 5.97 Å². The van der Waals surface area contributed by atoms with Gasteiger partial charge in [0.2, 0.25) is 5.91 Å². The van der Waals surface area contributed by atoms with E-state index in [-0.39, 0.29) is 18.4 Å². The molecule has 1 aliphatic carbocycles. The Morgan fingerprint density at radius 2 is 1.90 bits per heavy atom. The molecule has 1 heterocycles. The number of ether oxygens (including phenoxy) is 1. The van der Waals surface area contributed by atoms with Crippen LogP contribution in [0.4, 0.5) is 0 Å². The number of hydrogen-bond donors (Lipinski definition) is 2. The summed E-state index contributed by atoms with van der Waals surface area (Å²) in [4.78, 5) is 25.0. The first-order valence-electron chi connectivity index (χ1n) is 7.43. The lowest BCUT2D eigenvalue weighted by atomic mass is 9.89. The summed E-state index contributed by atoms with van der Waals surface area (Å²) < 4.78 is 5.34. The second-order valence-corrected chi connectivity index (χ2v) is 5.84. The predicted octanol–water partition coefficient (Wildman–Crippen LogP) is 0.596. The maximum absolute atomic E-state index is 12.3. The monoisotopic (exact) mass is 284 g/mol. The minimum absolute atomic E-state index is 0.102. The smallest absolute Gasteiger partial charge is 0.321 e. The molecular weight excluding hydrogens is 260 g/mol. The minimum Gasteiger partial charge on any atom is -0.480 e. The van der Waals surface area contributed by atoms with Crippen LogP contribution in [-0.4, -0.2) is 53.7 Å². The van der Waals surface area contributed by atoms with Gasteiger partial charge in [-0.2, -0.15) is 0 Å². The first-order chi connectivity index (χ1) is 9.58. The summed E-state index contributed by atoms with van der Waals surface area (Å²) in [5.41, 5.74) is 5.48. The van der Waals surface area contributed by atoms with Gasteiger partial charge in [0.25, 0.3) is 0 Å². The highest BCUT2D eigenvalue weighted by molar-refractivity contribution is 5.84. The van der Waals surface area contributed by atoms with Crippen LogP contribution in [0.3, 0.4) is 0 Å². The molecular formula is C14H24N2O4. The van der Waals surface area contributed by atoms with E-state index in [2.05, 4.69) is 0 Å². The van der Waals surface area contributed by atoms with Gasteiger partial charge in [-0.15, -0.1) is 0 Å². The maximum Gasteiger partial charge on any atom is 0.321 e. The van der Waals surface area contributed by atoms with E-state index < -0.39 is 12.0 Å². The number of carboxylic acids is 1. The van der Waals surface area contributed by atoms with Gasteiger partial charge in [0, 0.05) is 25.8 Å². The van der Waals surface area contributed by atoms with Crippen LogP contribution < -0.4 is 5.73 Å². The molecule has 20 heavy (non-hydrogen) atoms. The zero-order chi connectivity index (χ0) is 14.5. The van der Waals surface area contributed by atoms with Crippen molar-refractivity contribution in [3.05, 3.63) is 0 Å². The van der Waals surface area contributed by atoms with E-state index in [0.717, 1.165) is 51.9 Å². The van der Waals surface area contributed by atoms with Crippen molar-refractivity contribution < 1.29 is 19.4 Å². The normalized spacial score (nSPS) is 22.1. The molecule has 1 saturated carbocycles. The third kappa shape index (κ3) is 3.93. The van der Waals surface area contributed by atoms with Gasteiger partial charge in [0.1, 0.15) is 6.04 Å². The number of rotatable bonds is 6. The number of nitrogens with two attached hydrogens (primary N) is 1. The molecule has 2 rings (SSSR count). The predicted molar refractivity (Wildman–Crippen MR) is 73.1 cm³/mol. The van der Waals surface area contributed by atoms with E-state index in [9.17, 15) is 9.59 Å². The summed E-state index contributed by atoms with van der Waals surface area (Å²) in [7, 11) is 0. The number of hydrogen-bond acceptors (Lipinski definition) is 4. The lowest BCUT2D eigenvalue weighted by Gasteiger charge is -2.40. The van der Waals surface area contributed by atoms with Gasteiger partial charge in [0.05, 0.1) is 6.42 Å². The van der Waals surface area contributed by atoms with Crippen molar-refractivity contribution >= 4 is 11.9 Å². The van der Waals surface area contributed by atoms with Crippen molar-refractivity contribution in [2.45, 2.75) is 50.6 Å². The summed E-state index contributed by atoms with van der Waals surface area (Å²) in [5, 5.41) is 8.83. The molecule has 1 aliphatic heterocycles. The largest absolute Gasteiger partial charge is 0.480 e. The standard InChI is InChI=1S/C14H24N2O4/c15-12(14(18)19)8-13(17)16(11-2-1-3-11)9-10-4-6-20-7-5-10/h10-12H,1-9,15H2,(H,18,19)/t12-/m0/s1. The molecule has 1 amide bonds. The molecule has 1 atom stereocenters. The van der Waals surface area contributed by atoms with Crippen LogP contribution in [0.25, 0.3) is 0 Å². The number of aliphatic carboxylic acids is 1. The van der Waals surface area contributed by atoms with Gasteiger partial charge in [-0.25, -0.2) is 0 Å². The summed E-state index contributed by atoms with van der Waals surface area (Å²) in [6, 6.07) is -0.814. The van der Waals surface area contributed by atoms with Crippen LogP contribution in [-0.2, 0) is 14.3 Å². The van der Waals surface area contributed by atoms with Crippen LogP contribution >= 0.6 is 0 Å². The average molecular weight is 284 g/mol. The molecule has 0 aromatic carbocycles. The number of carboxylic acid groups (broad SMARTS) is 1. The molecule has 1 saturated heterocycles. The Morgan fingerprint density at radius 1 is 1.25 bits per heavy atom. The number of amides is 1.